The first-order valence-corrected chi connectivity index (χ1v) is 6.68. The van der Waals surface area contributed by atoms with Crippen LogP contribution in [0.5, 0.6) is 0 Å². The third-order valence-electron chi connectivity index (χ3n) is 3.98. The molecule has 0 aliphatic heterocycles. The Hall–Kier alpha value is -1.65. The van der Waals surface area contributed by atoms with Crippen molar-refractivity contribution in [3.8, 4) is 0 Å². The normalized spacial score (nSPS) is 24.3. The van der Waals surface area contributed by atoms with Gasteiger partial charge in [-0.05, 0) is 36.5 Å². The molecule has 2 aromatic rings. The maximum atomic E-state index is 4.22. The van der Waals surface area contributed by atoms with Crippen LogP contribution in [0.4, 0.5) is 5.69 Å². The second-order valence-corrected chi connectivity index (χ2v) is 5.32. The fourth-order valence-corrected chi connectivity index (χ4v) is 2.79. The largest absolute Gasteiger partial charge is 0.380 e. The van der Waals surface area contributed by atoms with Crippen molar-refractivity contribution in [1.29, 1.82) is 0 Å². The standard InChI is InChI=1S/C13H19N5/c1-9-5-3-4-6-11(9)16-13-10(2)7-15-18-12(13)8-14-17-18/h7-9,11,16H,3-6H2,1-2H3. The molecule has 0 radical (unpaired) electrons. The van der Waals surface area contributed by atoms with Crippen LogP contribution >= 0.6 is 0 Å². The topological polar surface area (TPSA) is 55.1 Å². The number of hydrogen-bond acceptors (Lipinski definition) is 4. The third-order valence-corrected chi connectivity index (χ3v) is 3.98. The van der Waals surface area contributed by atoms with Gasteiger partial charge in [0.1, 0.15) is 5.52 Å². The molecule has 2 atom stereocenters. The lowest BCUT2D eigenvalue weighted by Crippen LogP contribution is -2.30. The summed E-state index contributed by atoms with van der Waals surface area (Å²) in [6, 6.07) is 0.554. The van der Waals surface area contributed by atoms with Crippen molar-refractivity contribution in [2.75, 3.05) is 5.32 Å². The van der Waals surface area contributed by atoms with Gasteiger partial charge in [-0.15, -0.1) is 9.73 Å². The summed E-state index contributed by atoms with van der Waals surface area (Å²) in [5.41, 5.74) is 3.25. The highest BCUT2D eigenvalue weighted by Gasteiger charge is 2.22. The van der Waals surface area contributed by atoms with Gasteiger partial charge < -0.3 is 5.32 Å². The lowest BCUT2D eigenvalue weighted by atomic mass is 9.86. The Balaban J connectivity index is 1.93. The molecule has 5 nitrogen and oxygen atoms in total. The van der Waals surface area contributed by atoms with Crippen LogP contribution < -0.4 is 5.32 Å². The summed E-state index contributed by atoms with van der Waals surface area (Å²) in [7, 11) is 0. The Morgan fingerprint density at radius 2 is 2.11 bits per heavy atom. The van der Waals surface area contributed by atoms with E-state index in [1.54, 1.807) is 10.8 Å². The number of nitrogens with one attached hydrogen (secondary N) is 1. The molecule has 1 N–H and O–H groups in total. The summed E-state index contributed by atoms with van der Waals surface area (Å²) in [4.78, 5) is 0. The van der Waals surface area contributed by atoms with Gasteiger partial charge in [-0.3, -0.25) is 0 Å². The zero-order valence-electron chi connectivity index (χ0n) is 10.9. The van der Waals surface area contributed by atoms with Crippen molar-refractivity contribution in [3.05, 3.63) is 18.0 Å². The summed E-state index contributed by atoms with van der Waals surface area (Å²) in [6.45, 7) is 4.41. The molecule has 3 rings (SSSR count). The molecule has 1 saturated carbocycles. The average Bonchev–Trinajstić information content (AvgIpc) is 2.83. The fraction of sp³-hybridized carbons (Fsp3) is 0.615. The molecule has 2 aromatic heterocycles. The third kappa shape index (κ3) is 1.94. The molecule has 18 heavy (non-hydrogen) atoms. The van der Waals surface area contributed by atoms with Gasteiger partial charge in [0, 0.05) is 6.04 Å². The Morgan fingerprint density at radius 1 is 1.28 bits per heavy atom. The predicted octanol–water partition coefficient (Wildman–Crippen LogP) is 2.42. The van der Waals surface area contributed by atoms with Crippen LogP contribution in [0.2, 0.25) is 0 Å². The maximum absolute atomic E-state index is 4.22. The van der Waals surface area contributed by atoms with Gasteiger partial charge in [-0.2, -0.15) is 5.10 Å². The van der Waals surface area contributed by atoms with Crippen LogP contribution in [0.25, 0.3) is 5.52 Å². The summed E-state index contributed by atoms with van der Waals surface area (Å²) in [5, 5.41) is 15.8. The molecule has 0 aromatic carbocycles. The van der Waals surface area contributed by atoms with Gasteiger partial charge >= 0.3 is 0 Å². The summed E-state index contributed by atoms with van der Waals surface area (Å²) >= 11 is 0. The quantitative estimate of drug-likeness (QED) is 0.882. The van der Waals surface area contributed by atoms with Crippen LogP contribution in [-0.4, -0.2) is 26.1 Å². The number of fused-ring (bicyclic) bond motifs is 1. The highest BCUT2D eigenvalue weighted by Crippen LogP contribution is 2.29. The van der Waals surface area contributed by atoms with E-state index in [0.717, 1.165) is 22.7 Å². The van der Waals surface area contributed by atoms with Crippen molar-refractivity contribution in [3.63, 3.8) is 0 Å². The van der Waals surface area contributed by atoms with Crippen molar-refractivity contribution in [2.45, 2.75) is 45.6 Å². The lowest BCUT2D eigenvalue weighted by Gasteiger charge is -2.30. The van der Waals surface area contributed by atoms with Crippen LogP contribution in [0, 0.1) is 12.8 Å². The van der Waals surface area contributed by atoms with Crippen LogP contribution in [-0.2, 0) is 0 Å². The summed E-state index contributed by atoms with van der Waals surface area (Å²) in [5.74, 6) is 0.724. The molecule has 2 heterocycles. The van der Waals surface area contributed by atoms with E-state index in [1.807, 2.05) is 6.20 Å². The molecule has 2 unspecified atom stereocenters. The van der Waals surface area contributed by atoms with Crippen LogP contribution in [0.3, 0.4) is 0 Å². The van der Waals surface area contributed by atoms with Gasteiger partial charge in [0.15, 0.2) is 0 Å². The van der Waals surface area contributed by atoms with Crippen molar-refractivity contribution in [1.82, 2.24) is 20.0 Å². The monoisotopic (exact) mass is 245 g/mol. The Bertz CT molecular complexity index is 547. The van der Waals surface area contributed by atoms with Crippen LogP contribution in [0.1, 0.15) is 38.2 Å². The number of aromatic nitrogens is 4. The molecule has 1 fully saturated rings. The zero-order chi connectivity index (χ0) is 12.5. The molecule has 1 aliphatic carbocycles. The molecular weight excluding hydrogens is 226 g/mol. The molecule has 0 saturated heterocycles. The summed E-state index contributed by atoms with van der Waals surface area (Å²) in [6.07, 6.45) is 8.86. The second kappa shape index (κ2) is 4.55. The first-order valence-electron chi connectivity index (χ1n) is 6.68. The first kappa shape index (κ1) is 11.4. The Morgan fingerprint density at radius 3 is 2.94 bits per heavy atom. The van der Waals surface area contributed by atoms with E-state index in [4.69, 9.17) is 0 Å². The molecule has 5 heteroatoms. The zero-order valence-corrected chi connectivity index (χ0v) is 10.9. The molecule has 96 valence electrons. The van der Waals surface area contributed by atoms with Gasteiger partial charge in [-0.25, -0.2) is 0 Å². The lowest BCUT2D eigenvalue weighted by molar-refractivity contribution is 0.349. The molecule has 0 amide bonds. The number of anilines is 1. The number of nitrogens with zero attached hydrogens (tertiary/aromatic N) is 4. The minimum Gasteiger partial charge on any atom is -0.380 e. The average molecular weight is 245 g/mol. The van der Waals surface area contributed by atoms with Gasteiger partial charge in [-0.1, -0.05) is 19.8 Å². The van der Waals surface area contributed by atoms with Crippen molar-refractivity contribution < 1.29 is 0 Å². The Kier molecular flexibility index (Phi) is 2.89. The number of aryl methyl sites for hydroxylation is 1. The first-order chi connectivity index (χ1) is 8.75. The smallest absolute Gasteiger partial charge is 0.131 e. The van der Waals surface area contributed by atoms with E-state index in [-0.39, 0.29) is 0 Å². The maximum Gasteiger partial charge on any atom is 0.131 e. The minimum absolute atomic E-state index is 0.554. The SMILES string of the molecule is Cc1cnn2nncc2c1NC1CCCCC1C. The molecule has 0 spiro atoms. The van der Waals surface area contributed by atoms with E-state index in [0.29, 0.717) is 6.04 Å². The second-order valence-electron chi connectivity index (χ2n) is 5.32. The Labute approximate surface area is 107 Å². The predicted molar refractivity (Wildman–Crippen MR) is 70.6 cm³/mol. The van der Waals surface area contributed by atoms with Gasteiger partial charge in [0.2, 0.25) is 0 Å². The highest BCUT2D eigenvalue weighted by molar-refractivity contribution is 5.73. The molecule has 1 aliphatic rings. The van der Waals surface area contributed by atoms with E-state index >= 15 is 0 Å². The molecule has 0 bridgehead atoms. The molecular formula is C13H19N5. The van der Waals surface area contributed by atoms with Crippen molar-refractivity contribution >= 4 is 11.2 Å². The fourth-order valence-electron chi connectivity index (χ4n) is 2.79. The number of hydrogen-bond donors (Lipinski definition) is 1. The summed E-state index contributed by atoms with van der Waals surface area (Å²) < 4.78 is 1.59. The van der Waals surface area contributed by atoms with Crippen LogP contribution in [0.15, 0.2) is 12.4 Å². The van der Waals surface area contributed by atoms with E-state index in [2.05, 4.69) is 34.6 Å². The van der Waals surface area contributed by atoms with E-state index < -0.39 is 0 Å². The van der Waals surface area contributed by atoms with E-state index in [1.165, 1.54) is 25.7 Å². The van der Waals surface area contributed by atoms with Gasteiger partial charge in [0.05, 0.1) is 18.1 Å². The highest BCUT2D eigenvalue weighted by atomic mass is 15.5. The van der Waals surface area contributed by atoms with E-state index in [9.17, 15) is 0 Å². The minimum atomic E-state index is 0.554. The number of rotatable bonds is 2. The van der Waals surface area contributed by atoms with Gasteiger partial charge in [0.25, 0.3) is 0 Å². The van der Waals surface area contributed by atoms with Crippen molar-refractivity contribution in [2.24, 2.45) is 5.92 Å².